The maximum absolute atomic E-state index is 11.9. The van der Waals surface area contributed by atoms with Gasteiger partial charge in [0.05, 0.1) is 19.6 Å². The number of carbonyl (C=O) groups excluding carboxylic acids is 1. The molecule has 0 radical (unpaired) electrons. The molecule has 1 heterocycles. The number of amides is 1. The van der Waals surface area contributed by atoms with Gasteiger partial charge in [0.25, 0.3) is 0 Å². The molecule has 1 saturated heterocycles. The number of ether oxygens (including phenoxy) is 2. The van der Waals surface area contributed by atoms with Gasteiger partial charge in [-0.1, -0.05) is 36.4 Å². The Balaban J connectivity index is 1.73. The van der Waals surface area contributed by atoms with Crippen LogP contribution in [0.3, 0.4) is 0 Å². The maximum Gasteiger partial charge on any atom is 0.222 e. The van der Waals surface area contributed by atoms with Gasteiger partial charge in [-0.3, -0.25) is 9.69 Å². The minimum absolute atomic E-state index is 0.0235. The van der Waals surface area contributed by atoms with Crippen molar-refractivity contribution in [3.05, 3.63) is 48.0 Å². The van der Waals surface area contributed by atoms with Gasteiger partial charge in [0.15, 0.2) is 0 Å². The molecular formula is C20H26N2O3. The van der Waals surface area contributed by atoms with Crippen molar-refractivity contribution >= 4 is 16.7 Å². The Labute approximate surface area is 148 Å². The summed E-state index contributed by atoms with van der Waals surface area (Å²) in [4.78, 5) is 14.2. The smallest absolute Gasteiger partial charge is 0.222 e. The van der Waals surface area contributed by atoms with E-state index < -0.39 is 5.60 Å². The second kappa shape index (κ2) is 7.95. The molecule has 1 aliphatic heterocycles. The first-order valence-corrected chi connectivity index (χ1v) is 8.68. The highest BCUT2D eigenvalue weighted by Gasteiger charge is 2.38. The Morgan fingerprint density at radius 1 is 1.28 bits per heavy atom. The molecular weight excluding hydrogens is 316 g/mol. The van der Waals surface area contributed by atoms with Gasteiger partial charge in [0, 0.05) is 33.8 Å². The topological polar surface area (TPSA) is 50.8 Å². The normalized spacial score (nSPS) is 21.4. The lowest BCUT2D eigenvalue weighted by molar-refractivity contribution is -0.155. The number of hydrogen-bond donors (Lipinski definition) is 1. The molecule has 0 saturated carbocycles. The maximum atomic E-state index is 11.9. The van der Waals surface area contributed by atoms with Gasteiger partial charge in [0.2, 0.25) is 5.91 Å². The monoisotopic (exact) mass is 342 g/mol. The van der Waals surface area contributed by atoms with Gasteiger partial charge in [-0.25, -0.2) is 0 Å². The SMILES string of the molecule is CNC(=O)C[C@]1(COC)CN(Cc2ccc3ccccc3c2)CCO1. The first kappa shape index (κ1) is 17.9. The summed E-state index contributed by atoms with van der Waals surface area (Å²) in [5, 5.41) is 5.19. The van der Waals surface area contributed by atoms with Crippen LogP contribution in [0.2, 0.25) is 0 Å². The fraction of sp³-hybridized carbons (Fsp3) is 0.450. The zero-order valence-electron chi connectivity index (χ0n) is 15.0. The van der Waals surface area contributed by atoms with Gasteiger partial charge in [-0.05, 0) is 22.4 Å². The summed E-state index contributed by atoms with van der Waals surface area (Å²) in [5.41, 5.74) is 0.691. The molecule has 2 aromatic carbocycles. The van der Waals surface area contributed by atoms with Crippen molar-refractivity contribution in [1.82, 2.24) is 10.2 Å². The number of hydrogen-bond acceptors (Lipinski definition) is 4. The lowest BCUT2D eigenvalue weighted by atomic mass is 9.96. The molecule has 3 rings (SSSR count). The average molecular weight is 342 g/mol. The van der Waals surface area contributed by atoms with E-state index in [1.807, 2.05) is 0 Å². The molecule has 1 amide bonds. The molecule has 0 unspecified atom stereocenters. The molecule has 0 spiro atoms. The van der Waals surface area contributed by atoms with E-state index in [4.69, 9.17) is 9.47 Å². The van der Waals surface area contributed by atoms with E-state index in [1.54, 1.807) is 14.2 Å². The van der Waals surface area contributed by atoms with Crippen molar-refractivity contribution in [2.45, 2.75) is 18.6 Å². The van der Waals surface area contributed by atoms with E-state index in [-0.39, 0.29) is 5.91 Å². The van der Waals surface area contributed by atoms with Gasteiger partial charge in [0.1, 0.15) is 5.60 Å². The van der Waals surface area contributed by atoms with Gasteiger partial charge < -0.3 is 14.8 Å². The number of nitrogens with zero attached hydrogens (tertiary/aromatic N) is 1. The molecule has 0 aromatic heterocycles. The fourth-order valence-electron chi connectivity index (χ4n) is 3.54. The molecule has 0 bridgehead atoms. The highest BCUT2D eigenvalue weighted by molar-refractivity contribution is 5.83. The summed E-state index contributed by atoms with van der Waals surface area (Å²) >= 11 is 0. The molecule has 5 heteroatoms. The molecule has 25 heavy (non-hydrogen) atoms. The van der Waals surface area contributed by atoms with Crippen LogP contribution in [0.5, 0.6) is 0 Å². The van der Waals surface area contributed by atoms with Crippen molar-refractivity contribution in [2.24, 2.45) is 0 Å². The Morgan fingerprint density at radius 2 is 2.08 bits per heavy atom. The second-order valence-corrected chi connectivity index (χ2v) is 6.71. The lowest BCUT2D eigenvalue weighted by Gasteiger charge is -2.42. The van der Waals surface area contributed by atoms with Crippen molar-refractivity contribution in [3.63, 3.8) is 0 Å². The predicted molar refractivity (Wildman–Crippen MR) is 98.5 cm³/mol. The van der Waals surface area contributed by atoms with Crippen LogP contribution in [0.15, 0.2) is 42.5 Å². The minimum Gasteiger partial charge on any atom is -0.382 e. The summed E-state index contributed by atoms with van der Waals surface area (Å²) in [7, 11) is 3.30. The Hall–Kier alpha value is -1.95. The number of morpholine rings is 1. The number of rotatable bonds is 6. The number of fused-ring (bicyclic) bond motifs is 1. The largest absolute Gasteiger partial charge is 0.382 e. The third-order valence-corrected chi connectivity index (χ3v) is 4.72. The quantitative estimate of drug-likeness (QED) is 0.874. The molecule has 134 valence electrons. The van der Waals surface area contributed by atoms with E-state index in [0.29, 0.717) is 26.2 Å². The van der Waals surface area contributed by atoms with Crippen LogP contribution in [0.4, 0.5) is 0 Å². The number of methoxy groups -OCH3 is 1. The summed E-state index contributed by atoms with van der Waals surface area (Å²) in [6.45, 7) is 3.39. The first-order valence-electron chi connectivity index (χ1n) is 8.68. The predicted octanol–water partition coefficient (Wildman–Crippen LogP) is 2.19. The average Bonchev–Trinajstić information content (AvgIpc) is 2.62. The molecule has 0 aliphatic carbocycles. The van der Waals surface area contributed by atoms with Crippen LogP contribution in [0.1, 0.15) is 12.0 Å². The van der Waals surface area contributed by atoms with Crippen LogP contribution in [0.25, 0.3) is 10.8 Å². The summed E-state index contributed by atoms with van der Waals surface area (Å²) in [6.07, 6.45) is 0.311. The first-order chi connectivity index (χ1) is 12.1. The van der Waals surface area contributed by atoms with Crippen LogP contribution in [-0.4, -0.2) is 56.9 Å². The molecule has 1 aliphatic rings. The Bertz CT molecular complexity index is 730. The Kier molecular flexibility index (Phi) is 5.68. The number of nitrogens with one attached hydrogen (secondary N) is 1. The molecule has 2 aromatic rings. The van der Waals surface area contributed by atoms with Crippen LogP contribution in [0, 0.1) is 0 Å². The zero-order chi connectivity index (χ0) is 17.7. The third-order valence-electron chi connectivity index (χ3n) is 4.72. The molecule has 1 fully saturated rings. The molecule has 1 atom stereocenters. The van der Waals surface area contributed by atoms with E-state index in [9.17, 15) is 4.79 Å². The van der Waals surface area contributed by atoms with E-state index in [0.717, 1.165) is 13.1 Å². The van der Waals surface area contributed by atoms with Crippen molar-refractivity contribution in [2.75, 3.05) is 40.5 Å². The van der Waals surface area contributed by atoms with Crippen LogP contribution in [-0.2, 0) is 20.8 Å². The van der Waals surface area contributed by atoms with Gasteiger partial charge in [-0.2, -0.15) is 0 Å². The summed E-state index contributed by atoms with van der Waals surface area (Å²) in [6, 6.07) is 15.0. The zero-order valence-corrected chi connectivity index (χ0v) is 15.0. The third kappa shape index (κ3) is 4.37. The highest BCUT2D eigenvalue weighted by atomic mass is 16.5. The minimum atomic E-state index is -0.579. The van der Waals surface area contributed by atoms with Crippen LogP contribution < -0.4 is 5.32 Å². The molecule has 1 N–H and O–H groups in total. The van der Waals surface area contributed by atoms with E-state index in [1.165, 1.54) is 16.3 Å². The van der Waals surface area contributed by atoms with E-state index in [2.05, 4.69) is 52.7 Å². The van der Waals surface area contributed by atoms with Crippen LogP contribution >= 0.6 is 0 Å². The summed E-state index contributed by atoms with van der Waals surface area (Å²) < 4.78 is 11.3. The lowest BCUT2D eigenvalue weighted by Crippen LogP contribution is -2.55. The van der Waals surface area contributed by atoms with Crippen molar-refractivity contribution in [3.8, 4) is 0 Å². The van der Waals surface area contributed by atoms with Crippen molar-refractivity contribution < 1.29 is 14.3 Å². The number of benzene rings is 2. The fourth-order valence-corrected chi connectivity index (χ4v) is 3.54. The Morgan fingerprint density at radius 3 is 2.84 bits per heavy atom. The molecule has 5 nitrogen and oxygen atoms in total. The number of carbonyl (C=O) groups is 1. The summed E-state index contributed by atoms with van der Waals surface area (Å²) in [5.74, 6) is -0.0235. The van der Waals surface area contributed by atoms with Gasteiger partial charge in [-0.15, -0.1) is 0 Å². The van der Waals surface area contributed by atoms with Crippen molar-refractivity contribution in [1.29, 1.82) is 0 Å². The highest BCUT2D eigenvalue weighted by Crippen LogP contribution is 2.25. The van der Waals surface area contributed by atoms with E-state index >= 15 is 0 Å². The second-order valence-electron chi connectivity index (χ2n) is 6.71. The standard InChI is InChI=1S/C20H26N2O3/c1-21-19(23)12-20(15-24-2)14-22(9-10-25-20)13-16-7-8-17-5-3-4-6-18(17)11-16/h3-8,11H,9-10,12-15H2,1-2H3,(H,21,23)/t20-/m1/s1. The van der Waals surface area contributed by atoms with Gasteiger partial charge >= 0.3 is 0 Å².